The van der Waals surface area contributed by atoms with Gasteiger partial charge in [0, 0.05) is 22.3 Å². The third-order valence-corrected chi connectivity index (χ3v) is 3.84. The van der Waals surface area contributed by atoms with Gasteiger partial charge in [-0.3, -0.25) is 0 Å². The van der Waals surface area contributed by atoms with Crippen LogP contribution in [0, 0.1) is 6.92 Å². The third kappa shape index (κ3) is 1.79. The highest BCUT2D eigenvalue weighted by Gasteiger charge is 2.20. The van der Waals surface area contributed by atoms with Crippen molar-refractivity contribution in [2.24, 2.45) is 5.84 Å². The van der Waals surface area contributed by atoms with E-state index < -0.39 is 0 Å². The lowest BCUT2D eigenvalue weighted by Crippen LogP contribution is -2.12. The number of aryl methyl sites for hydroxylation is 2. The Hall–Kier alpha value is -1.53. The minimum Gasteiger partial charge on any atom is -0.308 e. The molecule has 0 radical (unpaired) electrons. The number of nitrogens with zero attached hydrogens (tertiary/aromatic N) is 3. The van der Waals surface area contributed by atoms with Crippen molar-refractivity contribution in [3.63, 3.8) is 0 Å². The fourth-order valence-electron chi connectivity index (χ4n) is 2.10. The lowest BCUT2D eigenvalue weighted by atomic mass is 10.2. The molecule has 1 aliphatic rings. The molecular formula is C11H13N5S. The van der Waals surface area contributed by atoms with Crippen molar-refractivity contribution in [2.45, 2.75) is 26.2 Å². The molecule has 0 spiro atoms. The smallest absolute Gasteiger partial charge is 0.190 e. The summed E-state index contributed by atoms with van der Waals surface area (Å²) in [6.07, 6.45) is 3.13. The molecule has 0 atom stereocenters. The fraction of sp³-hybridized carbons (Fsp3) is 0.364. The average Bonchev–Trinajstić information content (AvgIpc) is 2.95. The van der Waals surface area contributed by atoms with E-state index in [9.17, 15) is 0 Å². The number of nitrogens with two attached hydrogens (primary N) is 1. The minimum atomic E-state index is 0.678. The van der Waals surface area contributed by atoms with Gasteiger partial charge in [0.1, 0.15) is 5.82 Å². The molecule has 17 heavy (non-hydrogen) atoms. The van der Waals surface area contributed by atoms with Gasteiger partial charge in [-0.25, -0.2) is 20.8 Å². The monoisotopic (exact) mass is 247 g/mol. The molecule has 0 saturated carbocycles. The van der Waals surface area contributed by atoms with Crippen LogP contribution in [0.2, 0.25) is 0 Å². The summed E-state index contributed by atoms with van der Waals surface area (Å²) < 4.78 is 0. The van der Waals surface area contributed by atoms with Gasteiger partial charge in [-0.15, -0.1) is 11.3 Å². The quantitative estimate of drug-likeness (QED) is 0.623. The Kier molecular flexibility index (Phi) is 2.53. The van der Waals surface area contributed by atoms with Crippen molar-refractivity contribution < 1.29 is 0 Å². The van der Waals surface area contributed by atoms with Gasteiger partial charge in [0.05, 0.1) is 0 Å². The molecule has 6 heteroatoms. The Bertz CT molecular complexity index is 563. The number of nitrogens with one attached hydrogen (secondary N) is 1. The molecule has 3 N–H and O–H groups in total. The van der Waals surface area contributed by atoms with Crippen LogP contribution in [-0.4, -0.2) is 15.0 Å². The molecule has 0 fully saturated rings. The van der Waals surface area contributed by atoms with Gasteiger partial charge in [0.15, 0.2) is 10.8 Å². The number of fused-ring (bicyclic) bond motifs is 1. The van der Waals surface area contributed by atoms with E-state index in [4.69, 9.17) is 5.84 Å². The highest BCUT2D eigenvalue weighted by atomic mass is 32.1. The Balaban J connectivity index is 2.12. The number of aromatic nitrogens is 3. The van der Waals surface area contributed by atoms with Crippen molar-refractivity contribution in [2.75, 3.05) is 5.43 Å². The molecule has 0 aromatic carbocycles. The van der Waals surface area contributed by atoms with Crippen LogP contribution < -0.4 is 11.3 Å². The number of thiazole rings is 1. The molecule has 0 bridgehead atoms. The predicted octanol–water partition coefficient (Wildman–Crippen LogP) is 1.68. The van der Waals surface area contributed by atoms with E-state index in [0.717, 1.165) is 47.0 Å². The highest BCUT2D eigenvalue weighted by Crippen LogP contribution is 2.29. The van der Waals surface area contributed by atoms with E-state index in [-0.39, 0.29) is 0 Å². The summed E-state index contributed by atoms with van der Waals surface area (Å²) in [5.74, 6) is 6.94. The van der Waals surface area contributed by atoms with Gasteiger partial charge in [0.2, 0.25) is 0 Å². The van der Waals surface area contributed by atoms with Crippen LogP contribution in [0.1, 0.15) is 23.4 Å². The van der Waals surface area contributed by atoms with E-state index in [0.29, 0.717) is 5.82 Å². The van der Waals surface area contributed by atoms with E-state index in [1.165, 1.54) is 0 Å². The summed E-state index contributed by atoms with van der Waals surface area (Å²) in [6.45, 7) is 1.97. The van der Waals surface area contributed by atoms with Crippen LogP contribution in [0.3, 0.4) is 0 Å². The van der Waals surface area contributed by atoms with Crippen LogP contribution in [0.25, 0.3) is 10.8 Å². The number of anilines is 1. The lowest BCUT2D eigenvalue weighted by molar-refractivity contribution is 0.899. The van der Waals surface area contributed by atoms with E-state index in [1.54, 1.807) is 11.3 Å². The van der Waals surface area contributed by atoms with E-state index >= 15 is 0 Å². The molecule has 2 heterocycles. The second kappa shape index (κ2) is 4.05. The number of rotatable bonds is 2. The Morgan fingerprint density at radius 1 is 1.29 bits per heavy atom. The Morgan fingerprint density at radius 3 is 2.88 bits per heavy atom. The number of hydrogen-bond donors (Lipinski definition) is 2. The Morgan fingerprint density at radius 2 is 2.18 bits per heavy atom. The maximum atomic E-state index is 5.52. The van der Waals surface area contributed by atoms with Crippen LogP contribution in [0.15, 0.2) is 5.38 Å². The maximum Gasteiger partial charge on any atom is 0.190 e. The van der Waals surface area contributed by atoms with Gasteiger partial charge >= 0.3 is 0 Å². The van der Waals surface area contributed by atoms with E-state index in [1.807, 2.05) is 12.3 Å². The number of nitrogen functional groups attached to an aromatic ring is 1. The summed E-state index contributed by atoms with van der Waals surface area (Å²) in [7, 11) is 0. The van der Waals surface area contributed by atoms with Crippen LogP contribution in [-0.2, 0) is 12.8 Å². The molecule has 0 saturated heterocycles. The average molecular weight is 247 g/mol. The molecule has 5 nitrogen and oxygen atoms in total. The zero-order valence-electron chi connectivity index (χ0n) is 9.53. The summed E-state index contributed by atoms with van der Waals surface area (Å²) in [4.78, 5) is 13.4. The molecule has 1 aliphatic carbocycles. The van der Waals surface area contributed by atoms with Gasteiger partial charge in [-0.05, 0) is 26.2 Å². The van der Waals surface area contributed by atoms with Crippen molar-refractivity contribution in [1.82, 2.24) is 15.0 Å². The zero-order valence-corrected chi connectivity index (χ0v) is 10.3. The molecular weight excluding hydrogens is 234 g/mol. The second-order valence-electron chi connectivity index (χ2n) is 4.11. The standard InChI is InChI=1S/C11H13N5S/c1-6-5-17-11(13-6)10-14-8-4-2-3-7(8)9(15-10)16-12/h5H,2-4,12H2,1H3,(H,14,15,16). The Labute approximate surface area is 103 Å². The first-order valence-electron chi connectivity index (χ1n) is 5.57. The molecule has 0 unspecified atom stereocenters. The van der Waals surface area contributed by atoms with Gasteiger partial charge in [-0.2, -0.15) is 0 Å². The van der Waals surface area contributed by atoms with Crippen LogP contribution >= 0.6 is 11.3 Å². The summed E-state index contributed by atoms with van der Waals surface area (Å²) in [6, 6.07) is 0. The molecule has 0 aliphatic heterocycles. The zero-order chi connectivity index (χ0) is 11.8. The summed E-state index contributed by atoms with van der Waals surface area (Å²) in [5.41, 5.74) is 5.93. The second-order valence-corrected chi connectivity index (χ2v) is 4.97. The molecule has 2 aromatic heterocycles. The lowest BCUT2D eigenvalue weighted by Gasteiger charge is -2.07. The first-order chi connectivity index (χ1) is 8.28. The van der Waals surface area contributed by atoms with Crippen molar-refractivity contribution in [1.29, 1.82) is 0 Å². The van der Waals surface area contributed by atoms with E-state index in [2.05, 4.69) is 20.4 Å². The summed E-state index contributed by atoms with van der Waals surface area (Å²) >= 11 is 1.56. The van der Waals surface area contributed by atoms with Gasteiger partial charge in [0.25, 0.3) is 0 Å². The SMILES string of the molecule is Cc1csc(-c2nc3c(c(NN)n2)CCC3)n1. The first kappa shape index (κ1) is 10.6. The van der Waals surface area contributed by atoms with Crippen LogP contribution in [0.5, 0.6) is 0 Å². The minimum absolute atomic E-state index is 0.678. The molecule has 0 amide bonds. The number of hydrogen-bond acceptors (Lipinski definition) is 6. The molecule has 2 aromatic rings. The van der Waals surface area contributed by atoms with Gasteiger partial charge in [-0.1, -0.05) is 0 Å². The molecule has 3 rings (SSSR count). The first-order valence-corrected chi connectivity index (χ1v) is 6.45. The molecule has 88 valence electrons. The summed E-state index contributed by atoms with van der Waals surface area (Å²) in [5, 5.41) is 2.86. The maximum absolute atomic E-state index is 5.52. The van der Waals surface area contributed by atoms with Crippen LogP contribution in [0.4, 0.5) is 5.82 Å². The normalized spacial score (nSPS) is 13.8. The van der Waals surface area contributed by atoms with Crippen molar-refractivity contribution >= 4 is 17.2 Å². The predicted molar refractivity (Wildman–Crippen MR) is 67.7 cm³/mol. The van der Waals surface area contributed by atoms with Gasteiger partial charge < -0.3 is 5.43 Å². The highest BCUT2D eigenvalue weighted by molar-refractivity contribution is 7.13. The third-order valence-electron chi connectivity index (χ3n) is 2.88. The number of hydrazine groups is 1. The largest absolute Gasteiger partial charge is 0.308 e. The fourth-order valence-corrected chi connectivity index (χ4v) is 2.83. The van der Waals surface area contributed by atoms with Crippen molar-refractivity contribution in [3.8, 4) is 10.8 Å². The van der Waals surface area contributed by atoms with Crippen molar-refractivity contribution in [3.05, 3.63) is 22.3 Å². The topological polar surface area (TPSA) is 76.7 Å².